The zero-order chi connectivity index (χ0) is 14.8. The van der Waals surface area contributed by atoms with Crippen LogP contribution in [0.25, 0.3) is 0 Å². The lowest BCUT2D eigenvalue weighted by atomic mass is 10.1. The first kappa shape index (κ1) is 14.5. The van der Waals surface area contributed by atoms with E-state index >= 15 is 0 Å². The van der Waals surface area contributed by atoms with E-state index in [1.54, 1.807) is 12.4 Å². The molecule has 0 fully saturated rings. The Morgan fingerprint density at radius 3 is 2.70 bits per heavy atom. The van der Waals surface area contributed by atoms with Crippen LogP contribution in [0.1, 0.15) is 29.7 Å². The highest BCUT2D eigenvalue weighted by molar-refractivity contribution is 5.27. The standard InChI is InChI=1S/C13H13F4N3/c1-8(10-6-19-20-7-10)18-5-9-2-3-12(14)11(4-9)13(15,16)17/h2-4,6-8,18H,5H2,1H3,(H,19,20). The summed E-state index contributed by atoms with van der Waals surface area (Å²) in [5.74, 6) is -1.26. The maximum absolute atomic E-state index is 13.1. The zero-order valence-corrected chi connectivity index (χ0v) is 10.6. The molecule has 7 heteroatoms. The second kappa shape index (κ2) is 5.62. The van der Waals surface area contributed by atoms with E-state index in [1.165, 1.54) is 6.07 Å². The Kier molecular flexibility index (Phi) is 4.08. The van der Waals surface area contributed by atoms with Gasteiger partial charge in [0.25, 0.3) is 0 Å². The van der Waals surface area contributed by atoms with Gasteiger partial charge in [-0.1, -0.05) is 6.07 Å². The second-order valence-corrected chi connectivity index (χ2v) is 4.45. The normalized spacial score (nSPS) is 13.4. The number of nitrogens with zero attached hydrogens (tertiary/aromatic N) is 1. The molecule has 1 atom stereocenters. The van der Waals surface area contributed by atoms with Crippen molar-refractivity contribution < 1.29 is 17.6 Å². The molecule has 1 aromatic heterocycles. The molecule has 20 heavy (non-hydrogen) atoms. The van der Waals surface area contributed by atoms with Gasteiger partial charge in [-0.25, -0.2) is 4.39 Å². The average molecular weight is 287 g/mol. The number of alkyl halides is 3. The minimum atomic E-state index is -4.68. The summed E-state index contributed by atoms with van der Waals surface area (Å²) >= 11 is 0. The Bertz CT molecular complexity index is 563. The van der Waals surface area contributed by atoms with Gasteiger partial charge in [0.1, 0.15) is 5.82 Å². The van der Waals surface area contributed by atoms with Crippen molar-refractivity contribution >= 4 is 0 Å². The quantitative estimate of drug-likeness (QED) is 0.846. The number of aromatic amines is 1. The van der Waals surface area contributed by atoms with Crippen molar-refractivity contribution in [2.24, 2.45) is 0 Å². The van der Waals surface area contributed by atoms with Gasteiger partial charge >= 0.3 is 6.18 Å². The van der Waals surface area contributed by atoms with E-state index in [1.807, 2.05) is 6.92 Å². The van der Waals surface area contributed by atoms with E-state index in [9.17, 15) is 17.6 Å². The number of hydrogen-bond acceptors (Lipinski definition) is 2. The number of aromatic nitrogens is 2. The molecule has 1 unspecified atom stereocenters. The zero-order valence-electron chi connectivity index (χ0n) is 10.6. The number of benzene rings is 1. The minimum absolute atomic E-state index is 0.0758. The number of halogens is 4. The molecule has 0 saturated heterocycles. The summed E-state index contributed by atoms with van der Waals surface area (Å²) in [6.45, 7) is 2.06. The Hall–Kier alpha value is -1.89. The fourth-order valence-electron chi connectivity index (χ4n) is 1.79. The van der Waals surface area contributed by atoms with Crippen LogP contribution < -0.4 is 5.32 Å². The van der Waals surface area contributed by atoms with Crippen LogP contribution in [0.2, 0.25) is 0 Å². The van der Waals surface area contributed by atoms with Gasteiger partial charge < -0.3 is 5.32 Å². The van der Waals surface area contributed by atoms with Crippen molar-refractivity contribution in [3.05, 3.63) is 53.1 Å². The summed E-state index contributed by atoms with van der Waals surface area (Å²) in [6.07, 6.45) is -1.36. The largest absolute Gasteiger partial charge is 0.419 e. The van der Waals surface area contributed by atoms with Gasteiger partial charge in [-0.3, -0.25) is 5.10 Å². The predicted molar refractivity (Wildman–Crippen MR) is 65.2 cm³/mol. The first-order chi connectivity index (χ1) is 9.38. The molecule has 0 aliphatic heterocycles. The first-order valence-corrected chi connectivity index (χ1v) is 5.95. The lowest BCUT2D eigenvalue weighted by Gasteiger charge is -2.14. The van der Waals surface area contributed by atoms with Crippen LogP contribution in [0.4, 0.5) is 17.6 Å². The molecule has 2 N–H and O–H groups in total. The Morgan fingerprint density at radius 2 is 2.10 bits per heavy atom. The van der Waals surface area contributed by atoms with Crippen LogP contribution >= 0.6 is 0 Å². The smallest absolute Gasteiger partial charge is 0.306 e. The van der Waals surface area contributed by atoms with Gasteiger partial charge in [-0.15, -0.1) is 0 Å². The lowest BCUT2D eigenvalue weighted by Crippen LogP contribution is -2.18. The van der Waals surface area contributed by atoms with Crippen LogP contribution in [-0.2, 0) is 12.7 Å². The monoisotopic (exact) mass is 287 g/mol. The van der Waals surface area contributed by atoms with Gasteiger partial charge in [0.05, 0.1) is 11.8 Å². The summed E-state index contributed by atoms with van der Waals surface area (Å²) in [7, 11) is 0. The van der Waals surface area contributed by atoms with Crippen LogP contribution in [0.15, 0.2) is 30.6 Å². The topological polar surface area (TPSA) is 40.7 Å². The Balaban J connectivity index is 2.07. The Morgan fingerprint density at radius 1 is 1.35 bits per heavy atom. The van der Waals surface area contributed by atoms with Gasteiger partial charge in [0.15, 0.2) is 0 Å². The van der Waals surface area contributed by atoms with E-state index < -0.39 is 17.6 Å². The molecule has 0 aliphatic rings. The highest BCUT2D eigenvalue weighted by Crippen LogP contribution is 2.31. The van der Waals surface area contributed by atoms with Crippen LogP contribution in [0.3, 0.4) is 0 Å². The molecular formula is C13H13F4N3. The minimum Gasteiger partial charge on any atom is -0.306 e. The summed E-state index contributed by atoms with van der Waals surface area (Å²) < 4.78 is 50.9. The van der Waals surface area contributed by atoms with E-state index in [0.717, 1.165) is 17.7 Å². The van der Waals surface area contributed by atoms with Gasteiger partial charge in [0, 0.05) is 24.3 Å². The third kappa shape index (κ3) is 3.36. The highest BCUT2D eigenvalue weighted by atomic mass is 19.4. The van der Waals surface area contributed by atoms with Crippen molar-refractivity contribution in [2.75, 3.05) is 0 Å². The van der Waals surface area contributed by atoms with Crippen LogP contribution in [0.5, 0.6) is 0 Å². The summed E-state index contributed by atoms with van der Waals surface area (Å²) in [5, 5.41) is 9.50. The van der Waals surface area contributed by atoms with Gasteiger partial charge in [-0.05, 0) is 24.6 Å². The maximum atomic E-state index is 13.1. The molecule has 1 heterocycles. The molecule has 1 aromatic carbocycles. The Labute approximate surface area is 113 Å². The number of hydrogen-bond donors (Lipinski definition) is 2. The van der Waals surface area contributed by atoms with Crippen molar-refractivity contribution in [3.8, 4) is 0 Å². The highest BCUT2D eigenvalue weighted by Gasteiger charge is 2.34. The van der Waals surface area contributed by atoms with Gasteiger partial charge in [-0.2, -0.15) is 18.3 Å². The molecular weight excluding hydrogens is 274 g/mol. The SMILES string of the molecule is CC(NCc1ccc(F)c(C(F)(F)F)c1)c1cn[nH]c1. The van der Waals surface area contributed by atoms with Crippen molar-refractivity contribution in [1.29, 1.82) is 0 Å². The maximum Gasteiger partial charge on any atom is 0.419 e. The number of nitrogens with one attached hydrogen (secondary N) is 2. The molecule has 0 aliphatic carbocycles. The molecule has 2 rings (SSSR count). The van der Waals surface area contributed by atoms with Crippen molar-refractivity contribution in [3.63, 3.8) is 0 Å². The van der Waals surface area contributed by atoms with E-state index in [-0.39, 0.29) is 12.6 Å². The second-order valence-electron chi connectivity index (χ2n) is 4.45. The lowest BCUT2D eigenvalue weighted by molar-refractivity contribution is -0.140. The number of rotatable bonds is 4. The molecule has 3 nitrogen and oxygen atoms in total. The van der Waals surface area contributed by atoms with Crippen LogP contribution in [0, 0.1) is 5.82 Å². The fourth-order valence-corrected chi connectivity index (χ4v) is 1.79. The van der Waals surface area contributed by atoms with Gasteiger partial charge in [0.2, 0.25) is 0 Å². The molecule has 0 saturated carbocycles. The van der Waals surface area contributed by atoms with E-state index in [0.29, 0.717) is 5.56 Å². The van der Waals surface area contributed by atoms with Crippen LogP contribution in [-0.4, -0.2) is 10.2 Å². The fraction of sp³-hybridized carbons (Fsp3) is 0.308. The average Bonchev–Trinajstić information content (AvgIpc) is 2.90. The third-order valence-electron chi connectivity index (χ3n) is 2.97. The third-order valence-corrected chi connectivity index (χ3v) is 2.97. The summed E-state index contributed by atoms with van der Waals surface area (Å²) in [5.41, 5.74) is 0.0185. The summed E-state index contributed by atoms with van der Waals surface area (Å²) in [6, 6.07) is 2.92. The number of H-pyrrole nitrogens is 1. The molecule has 0 spiro atoms. The van der Waals surface area contributed by atoms with E-state index in [4.69, 9.17) is 0 Å². The van der Waals surface area contributed by atoms with Crippen molar-refractivity contribution in [1.82, 2.24) is 15.5 Å². The molecule has 0 amide bonds. The summed E-state index contributed by atoms with van der Waals surface area (Å²) in [4.78, 5) is 0. The first-order valence-electron chi connectivity index (χ1n) is 5.95. The molecule has 0 bridgehead atoms. The molecule has 2 aromatic rings. The predicted octanol–water partition coefficient (Wildman–Crippen LogP) is 3.42. The van der Waals surface area contributed by atoms with Crippen molar-refractivity contribution in [2.45, 2.75) is 25.7 Å². The molecule has 108 valence electrons. The van der Waals surface area contributed by atoms with E-state index in [2.05, 4.69) is 15.5 Å². The molecule has 0 radical (unpaired) electrons.